The Hall–Kier alpha value is -1.03. The van der Waals surface area contributed by atoms with E-state index in [-0.39, 0.29) is 5.75 Å². The van der Waals surface area contributed by atoms with E-state index in [1.54, 1.807) is 12.4 Å². The maximum absolute atomic E-state index is 9.44. The Morgan fingerprint density at radius 3 is 3.08 bits per heavy atom. The zero-order valence-electron chi connectivity index (χ0n) is 6.21. The van der Waals surface area contributed by atoms with Gasteiger partial charge in [-0.2, -0.15) is 0 Å². The molecule has 0 unspecified atom stereocenters. The number of aromatic hydroxyl groups is 1. The molecule has 0 saturated carbocycles. The van der Waals surface area contributed by atoms with Crippen molar-refractivity contribution >= 4 is 27.0 Å². The fourth-order valence-electron chi connectivity index (χ4n) is 1.12. The van der Waals surface area contributed by atoms with Gasteiger partial charge >= 0.3 is 0 Å². The average molecular weight is 227 g/mol. The van der Waals surface area contributed by atoms with E-state index in [2.05, 4.69) is 25.9 Å². The smallest absolute Gasteiger partial charge is 0.121 e. The van der Waals surface area contributed by atoms with E-state index >= 15 is 0 Å². The highest BCUT2D eigenvalue weighted by molar-refractivity contribution is 9.08. The van der Waals surface area contributed by atoms with Crippen molar-refractivity contribution in [1.29, 1.82) is 0 Å². The van der Waals surface area contributed by atoms with Crippen LogP contribution in [0.2, 0.25) is 0 Å². The highest BCUT2D eigenvalue weighted by Crippen LogP contribution is 2.24. The van der Waals surface area contributed by atoms with Gasteiger partial charge in [-0.1, -0.05) is 15.9 Å². The quantitative estimate of drug-likeness (QED) is 0.733. The van der Waals surface area contributed by atoms with Crippen molar-refractivity contribution in [2.45, 2.75) is 5.33 Å². The van der Waals surface area contributed by atoms with E-state index in [9.17, 15) is 5.11 Å². The molecule has 3 nitrogen and oxygen atoms in total. The molecule has 0 bridgehead atoms. The normalized spacial score (nSPS) is 10.8. The molecule has 0 saturated heterocycles. The largest absolute Gasteiger partial charge is 0.508 e. The SMILES string of the molecule is Oc1cc2nc[nH]c2cc1CBr. The molecule has 1 heterocycles. The zero-order chi connectivity index (χ0) is 8.55. The van der Waals surface area contributed by atoms with Crippen LogP contribution in [-0.4, -0.2) is 15.1 Å². The Bertz CT molecular complexity index is 410. The Morgan fingerprint density at radius 1 is 1.50 bits per heavy atom. The number of fused-ring (bicyclic) bond motifs is 1. The minimum absolute atomic E-state index is 0.284. The highest BCUT2D eigenvalue weighted by atomic mass is 79.9. The second kappa shape index (κ2) is 2.79. The second-order valence-corrected chi connectivity index (χ2v) is 3.09. The monoisotopic (exact) mass is 226 g/mol. The van der Waals surface area contributed by atoms with Crippen molar-refractivity contribution in [2.24, 2.45) is 0 Å². The van der Waals surface area contributed by atoms with Gasteiger partial charge in [-0.25, -0.2) is 4.98 Å². The molecule has 62 valence electrons. The van der Waals surface area contributed by atoms with Crippen LogP contribution in [-0.2, 0) is 5.33 Å². The molecule has 0 fully saturated rings. The molecule has 0 amide bonds. The molecule has 0 radical (unpaired) electrons. The molecular weight excluding hydrogens is 220 g/mol. The van der Waals surface area contributed by atoms with Crippen LogP contribution in [0.5, 0.6) is 5.75 Å². The first-order valence-corrected chi connectivity index (χ1v) is 4.64. The fourth-order valence-corrected chi connectivity index (χ4v) is 1.57. The lowest BCUT2D eigenvalue weighted by Crippen LogP contribution is -1.79. The lowest BCUT2D eigenvalue weighted by molar-refractivity contribution is 0.471. The number of alkyl halides is 1. The van der Waals surface area contributed by atoms with Gasteiger partial charge in [-0.15, -0.1) is 0 Å². The fraction of sp³-hybridized carbons (Fsp3) is 0.125. The Kier molecular flexibility index (Phi) is 1.77. The zero-order valence-corrected chi connectivity index (χ0v) is 7.80. The predicted molar refractivity (Wildman–Crippen MR) is 50.4 cm³/mol. The summed E-state index contributed by atoms with van der Waals surface area (Å²) < 4.78 is 0. The van der Waals surface area contributed by atoms with Crippen molar-refractivity contribution < 1.29 is 5.11 Å². The number of aromatic amines is 1. The van der Waals surface area contributed by atoms with Crippen LogP contribution in [0.25, 0.3) is 11.0 Å². The second-order valence-electron chi connectivity index (χ2n) is 2.53. The summed E-state index contributed by atoms with van der Waals surface area (Å²) in [6, 6.07) is 3.54. The topological polar surface area (TPSA) is 48.9 Å². The molecule has 2 N–H and O–H groups in total. The molecule has 0 aliphatic heterocycles. The molecule has 1 aromatic carbocycles. The molecule has 0 spiro atoms. The summed E-state index contributed by atoms with van der Waals surface area (Å²) in [5.41, 5.74) is 2.60. The van der Waals surface area contributed by atoms with Crippen LogP contribution in [0.15, 0.2) is 18.5 Å². The van der Waals surface area contributed by atoms with Crippen LogP contribution in [0.1, 0.15) is 5.56 Å². The molecule has 0 atom stereocenters. The Morgan fingerprint density at radius 2 is 2.33 bits per heavy atom. The number of phenolic OH excluding ortho intramolecular Hbond substituents is 1. The van der Waals surface area contributed by atoms with E-state index in [0.29, 0.717) is 5.33 Å². The average Bonchev–Trinajstić information content (AvgIpc) is 2.49. The first kappa shape index (κ1) is 7.61. The number of hydrogen-bond donors (Lipinski definition) is 2. The van der Waals surface area contributed by atoms with Gasteiger partial charge in [0.25, 0.3) is 0 Å². The number of halogens is 1. The summed E-state index contributed by atoms with van der Waals surface area (Å²) >= 11 is 3.29. The van der Waals surface area contributed by atoms with Gasteiger partial charge in [0.15, 0.2) is 0 Å². The van der Waals surface area contributed by atoms with E-state index in [4.69, 9.17) is 0 Å². The molecule has 1 aromatic heterocycles. The van der Waals surface area contributed by atoms with E-state index < -0.39 is 0 Å². The number of phenols is 1. The summed E-state index contributed by atoms with van der Waals surface area (Å²) in [6.07, 6.45) is 1.61. The maximum atomic E-state index is 9.44. The minimum Gasteiger partial charge on any atom is -0.508 e. The molecule has 12 heavy (non-hydrogen) atoms. The summed E-state index contributed by atoms with van der Waals surface area (Å²) in [5.74, 6) is 0.284. The minimum atomic E-state index is 0.284. The number of aromatic nitrogens is 2. The third kappa shape index (κ3) is 1.08. The lowest BCUT2D eigenvalue weighted by atomic mass is 10.2. The van der Waals surface area contributed by atoms with Crippen LogP contribution in [0.4, 0.5) is 0 Å². The number of benzene rings is 1. The van der Waals surface area contributed by atoms with Gasteiger partial charge in [-0.05, 0) is 6.07 Å². The first-order valence-electron chi connectivity index (χ1n) is 3.52. The molecule has 0 aliphatic rings. The molecular formula is C8H7BrN2O. The Balaban J connectivity index is 2.73. The van der Waals surface area contributed by atoms with Crippen LogP contribution in [0, 0.1) is 0 Å². The molecule has 4 heteroatoms. The molecule has 2 rings (SSSR count). The maximum Gasteiger partial charge on any atom is 0.121 e. The summed E-state index contributed by atoms with van der Waals surface area (Å²) in [4.78, 5) is 7.00. The highest BCUT2D eigenvalue weighted by Gasteiger charge is 2.03. The van der Waals surface area contributed by atoms with Gasteiger partial charge in [0.05, 0.1) is 17.4 Å². The van der Waals surface area contributed by atoms with Gasteiger partial charge in [0, 0.05) is 17.0 Å². The standard InChI is InChI=1S/C8H7BrN2O/c9-3-5-1-6-7(2-8(5)12)11-4-10-6/h1-2,4,12H,3H2,(H,10,11). The molecule has 0 aliphatic carbocycles. The third-order valence-electron chi connectivity index (χ3n) is 1.76. The summed E-state index contributed by atoms with van der Waals surface area (Å²) in [5, 5.41) is 10.1. The lowest BCUT2D eigenvalue weighted by Gasteiger charge is -1.98. The summed E-state index contributed by atoms with van der Waals surface area (Å²) in [6.45, 7) is 0. The van der Waals surface area contributed by atoms with Gasteiger partial charge < -0.3 is 10.1 Å². The van der Waals surface area contributed by atoms with Gasteiger partial charge in [0.1, 0.15) is 5.75 Å². The van der Waals surface area contributed by atoms with E-state index in [1.165, 1.54) is 0 Å². The van der Waals surface area contributed by atoms with Gasteiger partial charge in [-0.3, -0.25) is 0 Å². The number of nitrogens with zero attached hydrogens (tertiary/aromatic N) is 1. The third-order valence-corrected chi connectivity index (χ3v) is 2.37. The van der Waals surface area contributed by atoms with Crippen LogP contribution in [0.3, 0.4) is 0 Å². The van der Waals surface area contributed by atoms with Crippen molar-refractivity contribution in [3.8, 4) is 5.75 Å². The number of imidazole rings is 1. The number of H-pyrrole nitrogens is 1. The summed E-state index contributed by atoms with van der Waals surface area (Å²) in [7, 11) is 0. The van der Waals surface area contributed by atoms with E-state index in [1.807, 2.05) is 6.07 Å². The van der Waals surface area contributed by atoms with Crippen LogP contribution < -0.4 is 0 Å². The predicted octanol–water partition coefficient (Wildman–Crippen LogP) is 2.16. The van der Waals surface area contributed by atoms with Crippen molar-refractivity contribution in [3.05, 3.63) is 24.0 Å². The van der Waals surface area contributed by atoms with Gasteiger partial charge in [0.2, 0.25) is 0 Å². The van der Waals surface area contributed by atoms with Crippen molar-refractivity contribution in [2.75, 3.05) is 0 Å². The van der Waals surface area contributed by atoms with Crippen molar-refractivity contribution in [1.82, 2.24) is 9.97 Å². The number of nitrogens with one attached hydrogen (secondary N) is 1. The van der Waals surface area contributed by atoms with Crippen molar-refractivity contribution in [3.63, 3.8) is 0 Å². The Labute approximate surface area is 77.6 Å². The van der Waals surface area contributed by atoms with Crippen LogP contribution >= 0.6 is 15.9 Å². The number of rotatable bonds is 1. The number of hydrogen-bond acceptors (Lipinski definition) is 2. The molecule has 2 aromatic rings. The van der Waals surface area contributed by atoms with E-state index in [0.717, 1.165) is 16.6 Å². The first-order chi connectivity index (χ1) is 5.81.